The van der Waals surface area contributed by atoms with Gasteiger partial charge in [0.2, 0.25) is 11.8 Å². The lowest BCUT2D eigenvalue weighted by molar-refractivity contribution is -0.149. The van der Waals surface area contributed by atoms with E-state index in [-0.39, 0.29) is 17.4 Å². The number of nitrogens with one attached hydrogen (secondary N) is 1. The molecule has 0 bridgehead atoms. The Hall–Kier alpha value is -2.45. The number of likely N-dealkylation sites (tertiary alicyclic amines) is 1. The van der Waals surface area contributed by atoms with Crippen molar-refractivity contribution < 1.29 is 14.3 Å². The van der Waals surface area contributed by atoms with Crippen molar-refractivity contribution in [1.82, 2.24) is 15.2 Å². The number of piperidine rings is 2. The summed E-state index contributed by atoms with van der Waals surface area (Å²) in [6, 6.07) is 7.90. The number of aromatic nitrogens is 1. The van der Waals surface area contributed by atoms with Gasteiger partial charge in [0.15, 0.2) is 0 Å². The van der Waals surface area contributed by atoms with Gasteiger partial charge in [-0.15, -0.1) is 11.3 Å². The largest absolute Gasteiger partial charge is 0.384 e. The number of nitrogen functional groups attached to an aromatic ring is 1. The van der Waals surface area contributed by atoms with Gasteiger partial charge in [0.05, 0.1) is 22.8 Å². The average Bonchev–Trinajstić information content (AvgIpc) is 3.21. The first-order chi connectivity index (χ1) is 14.6. The fraction of sp³-hybridized carbons (Fsp3) is 0.500. The number of pyridine rings is 1. The summed E-state index contributed by atoms with van der Waals surface area (Å²) in [5, 5.41) is 2.82. The molecule has 7 nitrogen and oxygen atoms in total. The molecular weight excluding hydrogens is 400 g/mol. The number of nitrogens with zero attached hydrogens (tertiary/aromatic N) is 2. The van der Waals surface area contributed by atoms with E-state index < -0.39 is 5.92 Å². The molecule has 1 unspecified atom stereocenters. The maximum Gasteiger partial charge on any atom is 0.235 e. The Labute approximate surface area is 179 Å². The molecule has 1 spiro atoms. The molecule has 2 fully saturated rings. The summed E-state index contributed by atoms with van der Waals surface area (Å²) in [6.07, 6.45) is 3.91. The highest BCUT2D eigenvalue weighted by atomic mass is 32.1. The van der Waals surface area contributed by atoms with Gasteiger partial charge in [-0.05, 0) is 49.4 Å². The number of thiophene rings is 1. The fourth-order valence-electron chi connectivity index (χ4n) is 4.86. The Morgan fingerprint density at radius 3 is 2.93 bits per heavy atom. The molecule has 8 heteroatoms. The number of rotatable bonds is 2. The molecule has 2 saturated heterocycles. The number of amides is 2. The second kappa shape index (κ2) is 7.67. The summed E-state index contributed by atoms with van der Waals surface area (Å²) in [5.74, 6) is -0.172. The highest BCUT2D eigenvalue weighted by molar-refractivity contribution is 7.15. The van der Waals surface area contributed by atoms with Crippen LogP contribution >= 0.6 is 11.3 Å². The van der Waals surface area contributed by atoms with E-state index in [9.17, 15) is 9.59 Å². The van der Waals surface area contributed by atoms with Crippen LogP contribution in [0, 0.1) is 5.92 Å². The molecule has 5 rings (SSSR count). The number of nitrogens with two attached hydrogens (primary N) is 1. The predicted octanol–water partition coefficient (Wildman–Crippen LogP) is 2.31. The molecule has 1 atom stereocenters. The third-order valence-corrected chi connectivity index (χ3v) is 7.71. The van der Waals surface area contributed by atoms with E-state index in [0.29, 0.717) is 38.5 Å². The average molecular weight is 427 g/mol. The maximum absolute atomic E-state index is 12.9. The van der Waals surface area contributed by atoms with E-state index >= 15 is 0 Å². The zero-order chi connectivity index (χ0) is 20.7. The first-order valence-electron chi connectivity index (χ1n) is 10.6. The Balaban J connectivity index is 1.35. The first-order valence-corrected chi connectivity index (χ1v) is 11.4. The molecule has 3 aliphatic rings. The summed E-state index contributed by atoms with van der Waals surface area (Å²) in [7, 11) is 0. The lowest BCUT2D eigenvalue weighted by Gasteiger charge is -2.44. The molecule has 0 radical (unpaired) electrons. The van der Waals surface area contributed by atoms with Crippen LogP contribution in [0.3, 0.4) is 0 Å². The predicted molar refractivity (Wildman–Crippen MR) is 115 cm³/mol. The summed E-state index contributed by atoms with van der Waals surface area (Å²) in [5.41, 5.74) is 7.65. The van der Waals surface area contributed by atoms with E-state index in [2.05, 4.69) is 16.4 Å². The minimum absolute atomic E-state index is 0.0342. The van der Waals surface area contributed by atoms with Crippen LogP contribution < -0.4 is 11.1 Å². The zero-order valence-corrected chi connectivity index (χ0v) is 17.7. The molecule has 2 amide bonds. The highest BCUT2D eigenvalue weighted by Gasteiger charge is 2.44. The van der Waals surface area contributed by atoms with Crippen molar-refractivity contribution in [1.29, 1.82) is 0 Å². The van der Waals surface area contributed by atoms with Crippen LogP contribution in [0.5, 0.6) is 0 Å². The third kappa shape index (κ3) is 3.37. The van der Waals surface area contributed by atoms with Crippen molar-refractivity contribution in [3.63, 3.8) is 0 Å². The number of carbonyl (C=O) groups excluding carboxylic acids is 2. The molecule has 30 heavy (non-hydrogen) atoms. The van der Waals surface area contributed by atoms with E-state index in [4.69, 9.17) is 10.5 Å². The summed E-state index contributed by atoms with van der Waals surface area (Å²) in [6.45, 7) is 2.59. The van der Waals surface area contributed by atoms with Crippen LogP contribution in [-0.2, 0) is 26.3 Å². The molecule has 3 N–H and O–H groups in total. The number of hydrogen-bond acceptors (Lipinski definition) is 6. The first kappa shape index (κ1) is 19.5. The van der Waals surface area contributed by atoms with Gasteiger partial charge in [0.1, 0.15) is 11.7 Å². The number of fused-ring (bicyclic) bond motifs is 2. The van der Waals surface area contributed by atoms with Crippen LogP contribution in [0.1, 0.15) is 36.1 Å². The SMILES string of the molecule is Nc1cccc(-c2cc3c(s2)CCOC32CCN(C(=O)C3CCCNC3=O)CC2)n1. The Morgan fingerprint density at radius 2 is 2.17 bits per heavy atom. The van der Waals surface area contributed by atoms with Crippen molar-refractivity contribution in [3.05, 3.63) is 34.7 Å². The van der Waals surface area contributed by atoms with Crippen molar-refractivity contribution in [2.45, 2.75) is 37.7 Å². The molecular formula is C22H26N4O3S. The highest BCUT2D eigenvalue weighted by Crippen LogP contribution is 2.46. The molecule has 5 heterocycles. The molecule has 0 aliphatic carbocycles. The molecule has 2 aromatic heterocycles. The van der Waals surface area contributed by atoms with Gasteiger partial charge >= 0.3 is 0 Å². The Morgan fingerprint density at radius 1 is 1.33 bits per heavy atom. The van der Waals surface area contributed by atoms with E-state index in [1.807, 2.05) is 17.0 Å². The third-order valence-electron chi connectivity index (χ3n) is 6.50. The van der Waals surface area contributed by atoms with Crippen molar-refractivity contribution in [3.8, 4) is 10.6 Å². The summed E-state index contributed by atoms with van der Waals surface area (Å²) < 4.78 is 6.34. The summed E-state index contributed by atoms with van der Waals surface area (Å²) in [4.78, 5) is 33.8. The fourth-order valence-corrected chi connectivity index (χ4v) is 6.06. The number of anilines is 1. The molecule has 2 aromatic rings. The number of ether oxygens (including phenoxy) is 1. The van der Waals surface area contributed by atoms with E-state index in [1.165, 1.54) is 10.4 Å². The van der Waals surface area contributed by atoms with Gasteiger partial charge in [-0.2, -0.15) is 0 Å². The molecule has 0 aromatic carbocycles. The van der Waals surface area contributed by atoms with Crippen LogP contribution in [-0.4, -0.2) is 47.9 Å². The standard InChI is InChI=1S/C22H26N4O3S/c23-19-5-1-4-16(25-19)18-13-15-17(30-18)6-12-29-22(15)7-10-26(11-8-22)21(28)14-3-2-9-24-20(14)27/h1,4-5,13-14H,2-3,6-12H2,(H2,23,25)(H,24,27). The lowest BCUT2D eigenvalue weighted by atomic mass is 9.81. The van der Waals surface area contributed by atoms with Crippen LogP contribution in [0.15, 0.2) is 24.3 Å². The minimum Gasteiger partial charge on any atom is -0.384 e. The second-order valence-corrected chi connectivity index (χ2v) is 9.44. The van der Waals surface area contributed by atoms with Crippen LogP contribution in [0.2, 0.25) is 0 Å². The zero-order valence-electron chi connectivity index (χ0n) is 16.9. The minimum atomic E-state index is -0.530. The van der Waals surface area contributed by atoms with Gasteiger partial charge in [0, 0.05) is 30.9 Å². The number of hydrogen-bond donors (Lipinski definition) is 2. The summed E-state index contributed by atoms with van der Waals surface area (Å²) >= 11 is 1.76. The van der Waals surface area contributed by atoms with Gasteiger partial charge in [-0.25, -0.2) is 4.98 Å². The Bertz CT molecular complexity index is 981. The quantitative estimate of drug-likeness (QED) is 0.718. The van der Waals surface area contributed by atoms with Gasteiger partial charge in [0.25, 0.3) is 0 Å². The van der Waals surface area contributed by atoms with Crippen molar-refractivity contribution in [2.24, 2.45) is 5.92 Å². The topological polar surface area (TPSA) is 97.5 Å². The normalized spacial score (nSPS) is 23.1. The maximum atomic E-state index is 12.9. The second-order valence-electron chi connectivity index (χ2n) is 8.30. The van der Waals surface area contributed by atoms with Gasteiger partial charge < -0.3 is 20.7 Å². The molecule has 3 aliphatic heterocycles. The molecule has 0 saturated carbocycles. The van der Waals surface area contributed by atoms with Gasteiger partial charge in [-0.3, -0.25) is 9.59 Å². The molecule has 158 valence electrons. The smallest absolute Gasteiger partial charge is 0.235 e. The number of carbonyl (C=O) groups is 2. The van der Waals surface area contributed by atoms with Crippen LogP contribution in [0.25, 0.3) is 10.6 Å². The Kier molecular flexibility index (Phi) is 4.99. The van der Waals surface area contributed by atoms with Gasteiger partial charge in [-0.1, -0.05) is 6.07 Å². The van der Waals surface area contributed by atoms with Crippen molar-refractivity contribution >= 4 is 29.0 Å². The monoisotopic (exact) mass is 426 g/mol. The van der Waals surface area contributed by atoms with E-state index in [1.54, 1.807) is 17.4 Å². The lowest BCUT2D eigenvalue weighted by Crippen LogP contribution is -2.52. The van der Waals surface area contributed by atoms with Crippen molar-refractivity contribution in [2.75, 3.05) is 32.0 Å². The van der Waals surface area contributed by atoms with E-state index in [0.717, 1.165) is 36.3 Å². The van der Waals surface area contributed by atoms with Crippen LogP contribution in [0.4, 0.5) is 5.82 Å².